The van der Waals surface area contributed by atoms with Crippen molar-refractivity contribution in [1.82, 2.24) is 0 Å². The fraction of sp³-hybridized carbons (Fsp3) is 0.941. The Balaban J connectivity index is 2.16. The lowest BCUT2D eigenvalue weighted by molar-refractivity contribution is -0.171. The molecule has 1 aliphatic carbocycles. The molecule has 23 heavy (non-hydrogen) atoms. The topological polar surface area (TPSA) is 35.5 Å². The highest BCUT2D eigenvalue weighted by Gasteiger charge is 2.37. The molecule has 1 rings (SSSR count). The Bertz CT molecular complexity index is 332. The molecule has 1 saturated carbocycles. The summed E-state index contributed by atoms with van der Waals surface area (Å²) in [6.45, 7) is 4.44. The van der Waals surface area contributed by atoms with Gasteiger partial charge < -0.3 is 9.47 Å². The first-order valence-corrected chi connectivity index (χ1v) is 8.70. The van der Waals surface area contributed by atoms with Gasteiger partial charge in [0, 0.05) is 32.8 Å². The summed E-state index contributed by atoms with van der Waals surface area (Å²) >= 11 is 0. The zero-order valence-corrected chi connectivity index (χ0v) is 14.0. The third-order valence-corrected chi connectivity index (χ3v) is 4.38. The van der Waals surface area contributed by atoms with Crippen molar-refractivity contribution in [2.75, 3.05) is 26.4 Å². The number of rotatable bonds is 11. The zero-order chi connectivity index (χ0) is 17.1. The highest BCUT2D eigenvalue weighted by atomic mass is 19.4. The van der Waals surface area contributed by atoms with Crippen molar-refractivity contribution in [3.8, 4) is 0 Å². The number of alkyl halides is 3. The van der Waals surface area contributed by atoms with E-state index < -0.39 is 18.4 Å². The molecule has 0 aliphatic heterocycles. The van der Waals surface area contributed by atoms with E-state index >= 15 is 0 Å². The predicted molar refractivity (Wildman–Crippen MR) is 82.3 cm³/mol. The lowest BCUT2D eigenvalue weighted by Gasteiger charge is -2.31. The van der Waals surface area contributed by atoms with E-state index in [-0.39, 0.29) is 13.0 Å². The van der Waals surface area contributed by atoms with Gasteiger partial charge in [0.2, 0.25) is 5.78 Å². The molecule has 6 heteroatoms. The van der Waals surface area contributed by atoms with Gasteiger partial charge in [-0.05, 0) is 37.5 Å². The minimum Gasteiger partial charge on any atom is -0.381 e. The molecule has 0 saturated heterocycles. The number of carbonyl (C=O) groups excluding carboxylic acids is 1. The van der Waals surface area contributed by atoms with Gasteiger partial charge in [-0.15, -0.1) is 0 Å². The Morgan fingerprint density at radius 1 is 1.00 bits per heavy atom. The molecule has 136 valence electrons. The molecule has 0 heterocycles. The Hall–Kier alpha value is -0.620. The van der Waals surface area contributed by atoms with Gasteiger partial charge in [0.1, 0.15) is 0 Å². The van der Waals surface area contributed by atoms with E-state index in [2.05, 4.69) is 6.92 Å². The molecule has 0 aromatic heterocycles. The molecular weight excluding hydrogens is 309 g/mol. The molecule has 0 radical (unpaired) electrons. The van der Waals surface area contributed by atoms with Gasteiger partial charge in [-0.25, -0.2) is 0 Å². The second-order valence-electron chi connectivity index (χ2n) is 6.33. The maximum Gasteiger partial charge on any atom is 0.449 e. The summed E-state index contributed by atoms with van der Waals surface area (Å²) in [7, 11) is 0. The number of Topliss-reactive ketones (excluding diaryl/α,β-unsaturated/α-hetero) is 1. The van der Waals surface area contributed by atoms with Crippen molar-refractivity contribution in [2.24, 2.45) is 11.8 Å². The van der Waals surface area contributed by atoms with Crippen LogP contribution in [0, 0.1) is 11.8 Å². The number of unbranched alkanes of at least 4 members (excludes halogenated alkanes) is 1. The first-order chi connectivity index (χ1) is 10.9. The highest BCUT2D eigenvalue weighted by molar-refractivity contribution is 5.83. The Kier molecular flexibility index (Phi) is 9.79. The summed E-state index contributed by atoms with van der Waals surface area (Å²) in [6, 6.07) is 0. The molecule has 3 nitrogen and oxygen atoms in total. The quantitative estimate of drug-likeness (QED) is 0.519. The standard InChI is InChI=1S/C17H29F3O3/c1-2-3-10-22-12-14-7-4-5-8-15(14)13-23-11-6-9-16(21)17(18,19)20/h14-15H,2-13H2,1H3/t14-,15+/m1/s1. The van der Waals surface area contributed by atoms with Gasteiger partial charge in [-0.2, -0.15) is 13.2 Å². The number of hydrogen-bond donors (Lipinski definition) is 0. The van der Waals surface area contributed by atoms with Crippen molar-refractivity contribution in [1.29, 1.82) is 0 Å². The molecule has 1 aliphatic rings. The van der Waals surface area contributed by atoms with E-state index in [1.54, 1.807) is 0 Å². The fourth-order valence-electron chi connectivity index (χ4n) is 2.92. The smallest absolute Gasteiger partial charge is 0.381 e. The number of carbonyl (C=O) groups is 1. The molecule has 0 aromatic carbocycles. The van der Waals surface area contributed by atoms with Gasteiger partial charge in [0.05, 0.1) is 0 Å². The van der Waals surface area contributed by atoms with Crippen LogP contribution in [-0.4, -0.2) is 38.4 Å². The lowest BCUT2D eigenvalue weighted by Crippen LogP contribution is -2.28. The van der Waals surface area contributed by atoms with Crippen molar-refractivity contribution in [3.05, 3.63) is 0 Å². The third-order valence-electron chi connectivity index (χ3n) is 4.38. The minimum atomic E-state index is -4.72. The fourth-order valence-corrected chi connectivity index (χ4v) is 2.92. The largest absolute Gasteiger partial charge is 0.449 e. The molecule has 2 atom stereocenters. The van der Waals surface area contributed by atoms with Crippen LogP contribution in [0.15, 0.2) is 0 Å². The van der Waals surface area contributed by atoms with Crippen molar-refractivity contribution >= 4 is 5.78 Å². The Morgan fingerprint density at radius 2 is 1.52 bits per heavy atom. The lowest BCUT2D eigenvalue weighted by atomic mass is 9.80. The van der Waals surface area contributed by atoms with E-state index in [4.69, 9.17) is 9.47 Å². The summed E-state index contributed by atoms with van der Waals surface area (Å²) in [5.74, 6) is -0.762. The van der Waals surface area contributed by atoms with Gasteiger partial charge in [0.25, 0.3) is 0 Å². The number of ether oxygens (including phenoxy) is 2. The summed E-state index contributed by atoms with van der Waals surface area (Å²) in [5, 5.41) is 0. The van der Waals surface area contributed by atoms with Gasteiger partial charge in [-0.3, -0.25) is 4.79 Å². The van der Waals surface area contributed by atoms with Crippen LogP contribution in [-0.2, 0) is 14.3 Å². The first kappa shape index (κ1) is 20.4. The van der Waals surface area contributed by atoms with E-state index in [0.29, 0.717) is 18.4 Å². The van der Waals surface area contributed by atoms with Crippen LogP contribution in [0.1, 0.15) is 58.3 Å². The highest BCUT2D eigenvalue weighted by Crippen LogP contribution is 2.30. The SMILES string of the molecule is CCCCOC[C@H]1CCCC[C@H]1COCCCC(=O)C(F)(F)F. The second-order valence-corrected chi connectivity index (χ2v) is 6.33. The van der Waals surface area contributed by atoms with Crippen LogP contribution >= 0.6 is 0 Å². The molecular formula is C17H29F3O3. The number of halogens is 3. The van der Waals surface area contributed by atoms with Crippen LogP contribution in [0.5, 0.6) is 0 Å². The average molecular weight is 338 g/mol. The molecule has 0 aromatic rings. The zero-order valence-electron chi connectivity index (χ0n) is 14.0. The predicted octanol–water partition coefficient (Wildman–Crippen LogP) is 4.54. The van der Waals surface area contributed by atoms with E-state index in [1.807, 2.05) is 0 Å². The molecule has 0 spiro atoms. The van der Waals surface area contributed by atoms with E-state index in [1.165, 1.54) is 12.8 Å². The summed E-state index contributed by atoms with van der Waals surface area (Å²) in [5.41, 5.74) is 0. The molecule has 1 fully saturated rings. The van der Waals surface area contributed by atoms with Crippen LogP contribution < -0.4 is 0 Å². The molecule has 0 bridgehead atoms. The summed E-state index contributed by atoms with van der Waals surface area (Å²) in [4.78, 5) is 10.8. The first-order valence-electron chi connectivity index (χ1n) is 8.70. The van der Waals surface area contributed by atoms with E-state index in [9.17, 15) is 18.0 Å². The van der Waals surface area contributed by atoms with E-state index in [0.717, 1.165) is 38.9 Å². The molecule has 0 N–H and O–H groups in total. The van der Waals surface area contributed by atoms with Crippen LogP contribution in [0.25, 0.3) is 0 Å². The van der Waals surface area contributed by atoms with Crippen molar-refractivity contribution < 1.29 is 27.4 Å². The maximum absolute atomic E-state index is 12.1. The van der Waals surface area contributed by atoms with Crippen LogP contribution in [0.3, 0.4) is 0 Å². The normalized spacial score (nSPS) is 22.3. The Labute approximate surface area is 136 Å². The number of ketones is 1. The van der Waals surface area contributed by atoms with Gasteiger partial charge >= 0.3 is 6.18 Å². The van der Waals surface area contributed by atoms with Gasteiger partial charge in [0.15, 0.2) is 0 Å². The summed E-state index contributed by atoms with van der Waals surface area (Å²) < 4.78 is 47.4. The maximum atomic E-state index is 12.1. The summed E-state index contributed by atoms with van der Waals surface area (Å²) in [6.07, 6.45) is 1.71. The minimum absolute atomic E-state index is 0.128. The third kappa shape index (κ3) is 8.70. The van der Waals surface area contributed by atoms with Crippen LogP contribution in [0.2, 0.25) is 0 Å². The Morgan fingerprint density at radius 3 is 2.00 bits per heavy atom. The van der Waals surface area contributed by atoms with Crippen LogP contribution in [0.4, 0.5) is 13.2 Å². The second kappa shape index (κ2) is 11.0. The van der Waals surface area contributed by atoms with Crippen molar-refractivity contribution in [3.63, 3.8) is 0 Å². The van der Waals surface area contributed by atoms with Gasteiger partial charge in [-0.1, -0.05) is 26.2 Å². The average Bonchev–Trinajstić information content (AvgIpc) is 2.51. The van der Waals surface area contributed by atoms with Crippen molar-refractivity contribution in [2.45, 2.75) is 64.5 Å². The number of hydrogen-bond acceptors (Lipinski definition) is 3. The monoisotopic (exact) mass is 338 g/mol. The molecule has 0 unspecified atom stereocenters. The molecule has 0 amide bonds.